The fraction of sp³-hybridized carbons (Fsp3) is 0.714. The molecule has 1 unspecified atom stereocenters. The Bertz CT molecular complexity index is 297. The zero-order valence-electron chi connectivity index (χ0n) is 7.95. The van der Waals surface area contributed by atoms with Crippen molar-refractivity contribution in [1.82, 2.24) is 10.2 Å². The van der Waals surface area contributed by atoms with E-state index in [4.69, 9.17) is 5.11 Å². The quantitative estimate of drug-likeness (QED) is 0.765. The first-order chi connectivity index (χ1) is 7.32. The van der Waals surface area contributed by atoms with E-state index in [1.807, 2.05) is 0 Å². The first-order valence-electron chi connectivity index (χ1n) is 4.24. The Morgan fingerprint density at radius 1 is 1.50 bits per heavy atom. The molecule has 2 amide bonds. The second kappa shape index (κ2) is 4.81. The summed E-state index contributed by atoms with van der Waals surface area (Å²) in [7, 11) is 0. The van der Waals surface area contributed by atoms with Crippen molar-refractivity contribution in [2.45, 2.75) is 12.2 Å². The molecule has 0 aromatic heterocycles. The lowest BCUT2D eigenvalue weighted by molar-refractivity contribution is -0.173. The normalized spacial score (nSPS) is 20.9. The Morgan fingerprint density at radius 3 is 2.62 bits per heavy atom. The van der Waals surface area contributed by atoms with Crippen LogP contribution in [0.5, 0.6) is 0 Å². The summed E-state index contributed by atoms with van der Waals surface area (Å²) in [5, 5.41) is 10.4. The zero-order chi connectivity index (χ0) is 12.3. The second-order valence-electron chi connectivity index (χ2n) is 3.11. The van der Waals surface area contributed by atoms with Crippen LogP contribution < -0.4 is 5.32 Å². The van der Waals surface area contributed by atoms with Crippen molar-refractivity contribution in [3.05, 3.63) is 0 Å². The first kappa shape index (κ1) is 12.9. The molecule has 0 radical (unpaired) electrons. The SMILES string of the molecule is O=C(O)N1CSCC1CNC(=O)C(F)(F)F. The van der Waals surface area contributed by atoms with Gasteiger partial charge in [-0.15, -0.1) is 11.8 Å². The fourth-order valence-electron chi connectivity index (χ4n) is 1.17. The van der Waals surface area contributed by atoms with E-state index in [0.717, 1.165) is 4.90 Å². The van der Waals surface area contributed by atoms with Gasteiger partial charge in [-0.1, -0.05) is 0 Å². The number of amides is 2. The molecule has 0 aliphatic carbocycles. The van der Waals surface area contributed by atoms with Crippen molar-refractivity contribution < 1.29 is 27.9 Å². The molecule has 0 aromatic rings. The van der Waals surface area contributed by atoms with Crippen LogP contribution >= 0.6 is 11.8 Å². The standard InChI is InChI=1S/C7H9F3N2O3S/c8-7(9,10)5(13)11-1-4-2-16-3-12(4)6(14)15/h4H,1-3H2,(H,11,13)(H,14,15). The molecule has 16 heavy (non-hydrogen) atoms. The van der Waals surface area contributed by atoms with Crippen LogP contribution in [-0.2, 0) is 4.79 Å². The Morgan fingerprint density at radius 2 is 2.12 bits per heavy atom. The Balaban J connectivity index is 2.43. The molecule has 0 saturated carbocycles. The molecule has 1 fully saturated rings. The van der Waals surface area contributed by atoms with E-state index >= 15 is 0 Å². The van der Waals surface area contributed by atoms with E-state index in [-0.39, 0.29) is 12.4 Å². The lowest BCUT2D eigenvalue weighted by atomic mass is 10.3. The number of hydrogen-bond acceptors (Lipinski definition) is 3. The molecule has 92 valence electrons. The highest BCUT2D eigenvalue weighted by molar-refractivity contribution is 7.99. The summed E-state index contributed by atoms with van der Waals surface area (Å²) in [6, 6.07) is -0.603. The summed E-state index contributed by atoms with van der Waals surface area (Å²) in [5.41, 5.74) is 0. The molecule has 1 rings (SSSR count). The van der Waals surface area contributed by atoms with E-state index < -0.39 is 24.2 Å². The van der Waals surface area contributed by atoms with Crippen LogP contribution in [0.25, 0.3) is 0 Å². The van der Waals surface area contributed by atoms with Gasteiger partial charge >= 0.3 is 18.2 Å². The van der Waals surface area contributed by atoms with Crippen molar-refractivity contribution in [1.29, 1.82) is 0 Å². The van der Waals surface area contributed by atoms with Crippen molar-refractivity contribution in [3.63, 3.8) is 0 Å². The van der Waals surface area contributed by atoms with E-state index in [2.05, 4.69) is 0 Å². The van der Waals surface area contributed by atoms with Gasteiger partial charge in [-0.2, -0.15) is 13.2 Å². The number of alkyl halides is 3. The van der Waals surface area contributed by atoms with Gasteiger partial charge in [0.05, 0.1) is 11.9 Å². The molecule has 2 N–H and O–H groups in total. The summed E-state index contributed by atoms with van der Waals surface area (Å²) in [6.45, 7) is -0.322. The molecule has 0 bridgehead atoms. The molecule has 1 saturated heterocycles. The number of halogens is 3. The van der Waals surface area contributed by atoms with E-state index in [9.17, 15) is 22.8 Å². The van der Waals surface area contributed by atoms with Gasteiger partial charge in [-0.3, -0.25) is 9.69 Å². The number of carbonyl (C=O) groups excluding carboxylic acids is 1. The zero-order valence-corrected chi connectivity index (χ0v) is 8.77. The third-order valence-electron chi connectivity index (χ3n) is 1.98. The minimum Gasteiger partial charge on any atom is -0.465 e. The van der Waals surface area contributed by atoms with Gasteiger partial charge in [0.2, 0.25) is 0 Å². The maximum atomic E-state index is 11.8. The number of thioether (sulfide) groups is 1. The highest BCUT2D eigenvalue weighted by Gasteiger charge is 2.39. The average Bonchev–Trinajstić information content (AvgIpc) is 2.60. The van der Waals surface area contributed by atoms with Crippen LogP contribution in [0.1, 0.15) is 0 Å². The average molecular weight is 258 g/mol. The summed E-state index contributed by atoms with van der Waals surface area (Å²) < 4.78 is 35.5. The minimum atomic E-state index is -4.93. The highest BCUT2D eigenvalue weighted by Crippen LogP contribution is 2.21. The van der Waals surface area contributed by atoms with Crippen LogP contribution in [0.3, 0.4) is 0 Å². The summed E-state index contributed by atoms with van der Waals surface area (Å²) in [6.07, 6.45) is -6.13. The lowest BCUT2D eigenvalue weighted by Gasteiger charge is -2.20. The van der Waals surface area contributed by atoms with Crippen molar-refractivity contribution in [2.24, 2.45) is 0 Å². The molecule has 9 heteroatoms. The summed E-state index contributed by atoms with van der Waals surface area (Å²) in [5.74, 6) is -1.46. The Kier molecular flexibility index (Phi) is 3.89. The Labute approximate surface area is 93.0 Å². The van der Waals surface area contributed by atoms with E-state index in [0.29, 0.717) is 5.75 Å². The Hall–Kier alpha value is -1.12. The van der Waals surface area contributed by atoms with E-state index in [1.165, 1.54) is 11.8 Å². The van der Waals surface area contributed by atoms with Gasteiger partial charge in [0.25, 0.3) is 0 Å². The minimum absolute atomic E-state index is 0.210. The molecule has 0 spiro atoms. The molecule has 0 aromatic carbocycles. The number of nitrogens with one attached hydrogen (secondary N) is 1. The van der Waals surface area contributed by atoms with Crippen LogP contribution in [0.4, 0.5) is 18.0 Å². The molecule has 1 aliphatic rings. The van der Waals surface area contributed by atoms with Gasteiger partial charge in [0.15, 0.2) is 0 Å². The number of hydrogen-bond donors (Lipinski definition) is 2. The van der Waals surface area contributed by atoms with Crippen LogP contribution in [0, 0.1) is 0 Å². The maximum Gasteiger partial charge on any atom is 0.471 e. The smallest absolute Gasteiger partial charge is 0.465 e. The molecule has 1 heterocycles. The third-order valence-corrected chi connectivity index (χ3v) is 3.06. The van der Waals surface area contributed by atoms with Gasteiger partial charge in [-0.05, 0) is 0 Å². The monoisotopic (exact) mass is 258 g/mol. The van der Waals surface area contributed by atoms with Crippen LogP contribution in [-0.4, -0.2) is 52.4 Å². The highest BCUT2D eigenvalue weighted by atomic mass is 32.2. The number of carboxylic acid groups (broad SMARTS) is 1. The van der Waals surface area contributed by atoms with Crippen LogP contribution in [0.15, 0.2) is 0 Å². The van der Waals surface area contributed by atoms with Crippen molar-refractivity contribution in [2.75, 3.05) is 18.2 Å². The topological polar surface area (TPSA) is 69.6 Å². The second-order valence-corrected chi connectivity index (χ2v) is 4.11. The van der Waals surface area contributed by atoms with Crippen molar-refractivity contribution in [3.8, 4) is 0 Å². The maximum absolute atomic E-state index is 11.8. The number of nitrogens with zero attached hydrogens (tertiary/aromatic N) is 1. The van der Waals surface area contributed by atoms with Gasteiger partial charge in [-0.25, -0.2) is 4.79 Å². The molecular weight excluding hydrogens is 249 g/mol. The largest absolute Gasteiger partial charge is 0.471 e. The summed E-state index contributed by atoms with van der Waals surface area (Å²) >= 11 is 1.29. The molecule has 5 nitrogen and oxygen atoms in total. The number of rotatable bonds is 2. The van der Waals surface area contributed by atoms with Crippen molar-refractivity contribution >= 4 is 23.8 Å². The van der Waals surface area contributed by atoms with Gasteiger partial charge < -0.3 is 10.4 Å². The molecule has 1 aliphatic heterocycles. The van der Waals surface area contributed by atoms with Crippen LogP contribution in [0.2, 0.25) is 0 Å². The fourth-order valence-corrected chi connectivity index (χ4v) is 2.37. The predicted octanol–water partition coefficient (Wildman–Crippen LogP) is 0.718. The molecular formula is C7H9F3N2O3S. The predicted molar refractivity (Wildman–Crippen MR) is 50.0 cm³/mol. The van der Waals surface area contributed by atoms with Gasteiger partial charge in [0.1, 0.15) is 0 Å². The van der Waals surface area contributed by atoms with E-state index in [1.54, 1.807) is 5.32 Å². The first-order valence-corrected chi connectivity index (χ1v) is 5.40. The number of carbonyl (C=O) groups is 2. The third kappa shape index (κ3) is 3.19. The summed E-state index contributed by atoms with van der Waals surface area (Å²) in [4.78, 5) is 22.1. The van der Waals surface area contributed by atoms with Gasteiger partial charge in [0, 0.05) is 12.3 Å². The lowest BCUT2D eigenvalue weighted by Crippen LogP contribution is -2.46. The molecule has 1 atom stereocenters.